The summed E-state index contributed by atoms with van der Waals surface area (Å²) >= 11 is 0. The van der Waals surface area contributed by atoms with Gasteiger partial charge in [0.05, 0.1) is 6.04 Å². The molecular formula is C20H32N6O9. The predicted molar refractivity (Wildman–Crippen MR) is 118 cm³/mol. The number of carbonyl (C=O) groups excluding carboxylic acids is 5. The SMILES string of the molecule is NC(=O)CCC(NC(=O)C1CCCN1C(=O)C(CCC(N)=O)NC(=O)C(N)CCC(=O)O)C(=O)O. The number of carbonyl (C=O) groups is 7. The van der Waals surface area contributed by atoms with Gasteiger partial charge in [-0.25, -0.2) is 4.79 Å². The second kappa shape index (κ2) is 13.8. The highest BCUT2D eigenvalue weighted by atomic mass is 16.4. The van der Waals surface area contributed by atoms with E-state index in [0.717, 1.165) is 4.90 Å². The van der Waals surface area contributed by atoms with E-state index in [1.165, 1.54) is 0 Å². The Morgan fingerprint density at radius 1 is 0.857 bits per heavy atom. The van der Waals surface area contributed by atoms with Crippen molar-refractivity contribution >= 4 is 41.5 Å². The smallest absolute Gasteiger partial charge is 0.326 e. The second-order valence-electron chi connectivity index (χ2n) is 8.20. The number of nitrogens with zero attached hydrogens (tertiary/aromatic N) is 1. The van der Waals surface area contributed by atoms with Gasteiger partial charge in [-0.2, -0.15) is 0 Å². The van der Waals surface area contributed by atoms with Crippen LogP contribution in [0.4, 0.5) is 0 Å². The highest BCUT2D eigenvalue weighted by Gasteiger charge is 2.39. The lowest BCUT2D eigenvalue weighted by Crippen LogP contribution is -2.57. The number of nitrogens with one attached hydrogen (secondary N) is 2. The number of carboxylic acids is 2. The fourth-order valence-electron chi connectivity index (χ4n) is 3.55. The topological polar surface area (TPSA) is 265 Å². The zero-order valence-corrected chi connectivity index (χ0v) is 19.1. The van der Waals surface area contributed by atoms with Gasteiger partial charge in [0.25, 0.3) is 0 Å². The van der Waals surface area contributed by atoms with Crippen LogP contribution in [0.3, 0.4) is 0 Å². The molecule has 35 heavy (non-hydrogen) atoms. The maximum absolute atomic E-state index is 13.2. The predicted octanol–water partition coefficient (Wildman–Crippen LogP) is -3.25. The first kappa shape index (κ1) is 29.3. The molecule has 0 radical (unpaired) electrons. The van der Waals surface area contributed by atoms with Crippen LogP contribution in [-0.2, 0) is 33.6 Å². The lowest BCUT2D eigenvalue weighted by Gasteiger charge is -2.30. The van der Waals surface area contributed by atoms with Gasteiger partial charge in [0, 0.05) is 25.8 Å². The average Bonchev–Trinajstić information content (AvgIpc) is 3.26. The number of amides is 5. The molecule has 4 atom stereocenters. The first-order valence-electron chi connectivity index (χ1n) is 11.0. The monoisotopic (exact) mass is 500 g/mol. The quantitative estimate of drug-likeness (QED) is 0.118. The van der Waals surface area contributed by atoms with Gasteiger partial charge in [-0.1, -0.05) is 0 Å². The number of likely N-dealkylation sites (tertiary alicyclic amines) is 1. The lowest BCUT2D eigenvalue weighted by atomic mass is 10.1. The standard InChI is InChI=1S/C20H32N6O9/c21-10(3-8-16(29)30)17(31)24-11(4-6-14(22)27)19(33)26-9-1-2-13(26)18(32)25-12(20(34)35)5-7-15(23)28/h10-13H,1-9,21H2,(H2,22,27)(H2,23,28)(H,24,31)(H,25,32)(H,29,30)(H,34,35). The van der Waals surface area contributed by atoms with Crippen molar-refractivity contribution in [3.05, 3.63) is 0 Å². The molecule has 15 heteroatoms. The molecular weight excluding hydrogens is 468 g/mol. The number of aliphatic carboxylic acids is 2. The van der Waals surface area contributed by atoms with Crippen molar-refractivity contribution in [2.24, 2.45) is 17.2 Å². The van der Waals surface area contributed by atoms with Crippen LogP contribution in [0.25, 0.3) is 0 Å². The van der Waals surface area contributed by atoms with Gasteiger partial charge in [-0.3, -0.25) is 28.8 Å². The van der Waals surface area contributed by atoms with Crippen LogP contribution in [0, 0.1) is 0 Å². The molecule has 10 N–H and O–H groups in total. The number of primary amides is 2. The Hall–Kier alpha value is -3.75. The highest BCUT2D eigenvalue weighted by molar-refractivity contribution is 5.95. The molecule has 1 fully saturated rings. The fourth-order valence-corrected chi connectivity index (χ4v) is 3.55. The minimum absolute atomic E-state index is 0.129. The van der Waals surface area contributed by atoms with Crippen LogP contribution in [0.15, 0.2) is 0 Å². The molecule has 1 aliphatic heterocycles. The van der Waals surface area contributed by atoms with E-state index in [0.29, 0.717) is 6.42 Å². The van der Waals surface area contributed by atoms with Crippen LogP contribution in [0.1, 0.15) is 51.4 Å². The summed E-state index contributed by atoms with van der Waals surface area (Å²) in [4.78, 5) is 83.9. The van der Waals surface area contributed by atoms with Crippen molar-refractivity contribution in [2.45, 2.75) is 75.5 Å². The number of nitrogens with two attached hydrogens (primary N) is 3. The molecule has 15 nitrogen and oxygen atoms in total. The third-order valence-electron chi connectivity index (χ3n) is 5.43. The zero-order valence-electron chi connectivity index (χ0n) is 19.1. The van der Waals surface area contributed by atoms with Crippen LogP contribution in [-0.4, -0.2) is 87.3 Å². The van der Waals surface area contributed by atoms with Gasteiger partial charge in [0.2, 0.25) is 29.5 Å². The lowest BCUT2D eigenvalue weighted by molar-refractivity contribution is -0.145. The first-order valence-corrected chi connectivity index (χ1v) is 11.0. The number of hydrogen-bond donors (Lipinski definition) is 7. The molecule has 1 saturated heterocycles. The average molecular weight is 501 g/mol. The summed E-state index contributed by atoms with van der Waals surface area (Å²) in [6.07, 6.45) is -0.882. The molecule has 1 rings (SSSR count). The van der Waals surface area contributed by atoms with Gasteiger partial charge in [0.15, 0.2) is 0 Å². The van der Waals surface area contributed by atoms with E-state index >= 15 is 0 Å². The third kappa shape index (κ3) is 9.95. The van der Waals surface area contributed by atoms with Crippen LogP contribution in [0.5, 0.6) is 0 Å². The van der Waals surface area contributed by atoms with Gasteiger partial charge < -0.3 is 42.9 Å². The Balaban J connectivity index is 2.95. The van der Waals surface area contributed by atoms with Crippen molar-refractivity contribution in [3.63, 3.8) is 0 Å². The summed E-state index contributed by atoms with van der Waals surface area (Å²) in [6.45, 7) is 0.129. The minimum atomic E-state index is -1.40. The summed E-state index contributed by atoms with van der Waals surface area (Å²) in [7, 11) is 0. The van der Waals surface area contributed by atoms with Crippen LogP contribution in [0.2, 0.25) is 0 Å². The maximum atomic E-state index is 13.2. The van der Waals surface area contributed by atoms with Crippen molar-refractivity contribution in [3.8, 4) is 0 Å². The Morgan fingerprint density at radius 2 is 1.43 bits per heavy atom. The van der Waals surface area contributed by atoms with Gasteiger partial charge in [-0.15, -0.1) is 0 Å². The summed E-state index contributed by atoms with van der Waals surface area (Å²) in [5, 5.41) is 22.7. The van der Waals surface area contributed by atoms with E-state index in [9.17, 15) is 38.7 Å². The number of rotatable bonds is 15. The molecule has 0 aromatic rings. The largest absolute Gasteiger partial charge is 0.481 e. The molecule has 1 heterocycles. The summed E-state index contributed by atoms with van der Waals surface area (Å²) < 4.78 is 0. The second-order valence-corrected chi connectivity index (χ2v) is 8.20. The molecule has 0 aliphatic carbocycles. The maximum Gasteiger partial charge on any atom is 0.326 e. The van der Waals surface area contributed by atoms with E-state index in [-0.39, 0.29) is 51.5 Å². The van der Waals surface area contributed by atoms with Crippen molar-refractivity contribution in [1.82, 2.24) is 15.5 Å². The Kier molecular flexibility index (Phi) is 11.6. The van der Waals surface area contributed by atoms with Crippen molar-refractivity contribution in [2.75, 3.05) is 6.54 Å². The van der Waals surface area contributed by atoms with Gasteiger partial charge in [-0.05, 0) is 32.1 Å². The first-order chi connectivity index (χ1) is 16.3. The van der Waals surface area contributed by atoms with Crippen molar-refractivity contribution < 1.29 is 43.8 Å². The summed E-state index contributed by atoms with van der Waals surface area (Å²) in [5.41, 5.74) is 15.9. The Labute approximate surface area is 200 Å². The summed E-state index contributed by atoms with van der Waals surface area (Å²) in [5.74, 6) is -6.28. The van der Waals surface area contributed by atoms with Crippen LogP contribution >= 0.6 is 0 Å². The molecule has 0 aromatic heterocycles. The minimum Gasteiger partial charge on any atom is -0.481 e. The normalized spacial score (nSPS) is 17.6. The number of hydrogen-bond acceptors (Lipinski definition) is 8. The molecule has 0 bridgehead atoms. The van der Waals surface area contributed by atoms with Crippen molar-refractivity contribution in [1.29, 1.82) is 0 Å². The van der Waals surface area contributed by atoms with E-state index < -0.39 is 65.6 Å². The fraction of sp³-hybridized carbons (Fsp3) is 0.650. The number of carboxylic acid groups (broad SMARTS) is 2. The van der Waals surface area contributed by atoms with Gasteiger partial charge >= 0.3 is 11.9 Å². The highest BCUT2D eigenvalue weighted by Crippen LogP contribution is 2.20. The molecule has 0 spiro atoms. The Bertz CT molecular complexity index is 849. The van der Waals surface area contributed by atoms with E-state index in [4.69, 9.17) is 22.3 Å². The Morgan fingerprint density at radius 3 is 1.94 bits per heavy atom. The summed E-state index contributed by atoms with van der Waals surface area (Å²) in [6, 6.07) is -4.95. The molecule has 0 aromatic carbocycles. The van der Waals surface area contributed by atoms with Crippen LogP contribution < -0.4 is 27.8 Å². The third-order valence-corrected chi connectivity index (χ3v) is 5.43. The van der Waals surface area contributed by atoms with E-state index in [1.807, 2.05) is 0 Å². The van der Waals surface area contributed by atoms with Gasteiger partial charge in [0.1, 0.15) is 18.1 Å². The molecule has 1 aliphatic rings. The van der Waals surface area contributed by atoms with E-state index in [1.54, 1.807) is 0 Å². The zero-order chi connectivity index (χ0) is 26.7. The molecule has 5 amide bonds. The molecule has 0 saturated carbocycles. The van der Waals surface area contributed by atoms with E-state index in [2.05, 4.69) is 10.6 Å². The molecule has 196 valence electrons. The molecule has 4 unspecified atom stereocenters.